The molecule has 6 nitrogen and oxygen atoms in total. The number of fused-ring (bicyclic) bond motifs is 3. The molecular formula is C25H15ClF5N3O3. The van der Waals surface area contributed by atoms with Crippen molar-refractivity contribution < 1.29 is 36.3 Å². The molecule has 3 N–H and O–H groups in total. The first-order chi connectivity index (χ1) is 17.4. The van der Waals surface area contributed by atoms with Crippen LogP contribution in [0, 0.1) is 11.6 Å². The van der Waals surface area contributed by atoms with Crippen molar-refractivity contribution >= 4 is 35.0 Å². The Morgan fingerprint density at radius 1 is 1.00 bits per heavy atom. The van der Waals surface area contributed by atoms with E-state index >= 15 is 0 Å². The van der Waals surface area contributed by atoms with Crippen LogP contribution in [-0.2, 0) is 12.6 Å². The second-order valence-corrected chi connectivity index (χ2v) is 8.90. The molecule has 2 aliphatic heterocycles. The molecule has 5 rings (SSSR count). The molecule has 190 valence electrons. The molecule has 3 aromatic carbocycles. The number of halogens is 6. The Kier molecular flexibility index (Phi) is 5.90. The summed E-state index contributed by atoms with van der Waals surface area (Å²) < 4.78 is 67.5. The Balaban J connectivity index is 1.67. The Morgan fingerprint density at radius 2 is 1.76 bits per heavy atom. The van der Waals surface area contributed by atoms with Crippen molar-refractivity contribution in [3.8, 4) is 0 Å². The van der Waals surface area contributed by atoms with Crippen LogP contribution in [0.5, 0.6) is 0 Å². The summed E-state index contributed by atoms with van der Waals surface area (Å²) in [5.41, 5.74) is -1.23. The van der Waals surface area contributed by atoms with E-state index in [0.29, 0.717) is 17.7 Å². The Bertz CT molecular complexity index is 1510. The molecule has 12 heteroatoms. The number of hydrogen-bond donors (Lipinski definition) is 3. The van der Waals surface area contributed by atoms with Crippen LogP contribution in [0.2, 0.25) is 5.02 Å². The zero-order valence-electron chi connectivity index (χ0n) is 18.5. The molecule has 0 aliphatic carbocycles. The lowest BCUT2D eigenvalue weighted by molar-refractivity contribution is -0.137. The highest BCUT2D eigenvalue weighted by atomic mass is 35.5. The van der Waals surface area contributed by atoms with E-state index in [4.69, 9.17) is 11.6 Å². The molecule has 3 aromatic rings. The van der Waals surface area contributed by atoms with Crippen LogP contribution in [0.3, 0.4) is 0 Å². The molecule has 3 amide bonds. The smallest absolute Gasteiger partial charge is 0.352 e. The first-order valence-electron chi connectivity index (χ1n) is 10.9. The maximum absolute atomic E-state index is 14.1. The van der Waals surface area contributed by atoms with E-state index in [1.807, 2.05) is 0 Å². The molecule has 0 bridgehead atoms. The van der Waals surface area contributed by atoms with Crippen molar-refractivity contribution in [3.63, 3.8) is 0 Å². The number of carbonyl (C=O) groups is 3. The average Bonchev–Trinajstić information content (AvgIpc) is 3.18. The number of amides is 3. The highest BCUT2D eigenvalue weighted by Gasteiger charge is 2.39. The summed E-state index contributed by atoms with van der Waals surface area (Å²) in [6, 6.07) is 5.09. The van der Waals surface area contributed by atoms with Crippen LogP contribution in [0.15, 0.2) is 42.5 Å². The van der Waals surface area contributed by atoms with E-state index in [1.54, 1.807) is 0 Å². The minimum atomic E-state index is -4.90. The molecule has 0 fully saturated rings. The monoisotopic (exact) mass is 535 g/mol. The minimum absolute atomic E-state index is 0.0724. The van der Waals surface area contributed by atoms with Gasteiger partial charge < -0.3 is 16.0 Å². The summed E-state index contributed by atoms with van der Waals surface area (Å²) in [4.78, 5) is 38.6. The first-order valence-corrected chi connectivity index (χ1v) is 11.2. The maximum atomic E-state index is 14.1. The largest absolute Gasteiger partial charge is 0.416 e. The van der Waals surface area contributed by atoms with Gasteiger partial charge in [0.1, 0.15) is 11.6 Å². The van der Waals surface area contributed by atoms with Crippen LogP contribution in [0.25, 0.3) is 0 Å². The number of alkyl halides is 3. The molecule has 37 heavy (non-hydrogen) atoms. The summed E-state index contributed by atoms with van der Waals surface area (Å²) in [5.74, 6) is -4.18. The zero-order chi connectivity index (χ0) is 26.6. The van der Waals surface area contributed by atoms with Crippen molar-refractivity contribution in [1.82, 2.24) is 10.6 Å². The first kappa shape index (κ1) is 24.7. The number of anilines is 1. The minimum Gasteiger partial charge on any atom is -0.352 e. The fourth-order valence-electron chi connectivity index (χ4n) is 4.59. The molecule has 0 saturated heterocycles. The molecule has 2 heterocycles. The molecule has 1 unspecified atom stereocenters. The van der Waals surface area contributed by atoms with E-state index in [2.05, 4.69) is 16.0 Å². The van der Waals surface area contributed by atoms with E-state index in [0.717, 1.165) is 12.1 Å². The number of rotatable bonds is 3. The lowest BCUT2D eigenvalue weighted by Crippen LogP contribution is -2.33. The van der Waals surface area contributed by atoms with Gasteiger partial charge in [-0.2, -0.15) is 13.2 Å². The summed E-state index contributed by atoms with van der Waals surface area (Å²) >= 11 is 6.27. The summed E-state index contributed by atoms with van der Waals surface area (Å²) in [6.45, 7) is 0.242. The fourth-order valence-corrected chi connectivity index (χ4v) is 4.81. The molecule has 0 saturated carbocycles. The van der Waals surface area contributed by atoms with Gasteiger partial charge in [0.2, 0.25) is 0 Å². The van der Waals surface area contributed by atoms with E-state index in [-0.39, 0.29) is 52.0 Å². The molecule has 0 aromatic heterocycles. The van der Waals surface area contributed by atoms with Gasteiger partial charge in [0.15, 0.2) is 0 Å². The van der Waals surface area contributed by atoms with Gasteiger partial charge in [-0.15, -0.1) is 0 Å². The highest BCUT2D eigenvalue weighted by Crippen LogP contribution is 2.43. The van der Waals surface area contributed by atoms with Gasteiger partial charge in [-0.25, -0.2) is 8.78 Å². The Labute approximate surface area is 210 Å². The van der Waals surface area contributed by atoms with Crippen molar-refractivity contribution in [1.29, 1.82) is 0 Å². The van der Waals surface area contributed by atoms with Gasteiger partial charge in [0.25, 0.3) is 17.7 Å². The number of benzene rings is 3. The standard InChI is InChI=1S/C25H15ClF5N3O3/c26-17-2-1-12(27)8-16(17)21-20-18(9-15-14(3-4-32-23(15)36)19(20)24(37)34-21)33-22(35)10-5-11(25(29,30)31)7-13(28)6-10/h1-2,5-9,21H,3-4H2,(H,32,36)(H,33,35)(H,34,37). The van der Waals surface area contributed by atoms with E-state index in [1.165, 1.54) is 12.1 Å². The SMILES string of the molecule is O=C(Nc1cc2c(c3c1C(c1cc(F)ccc1Cl)NC3=O)CCNC2=O)c1cc(F)cc(C(F)(F)F)c1. The molecule has 1 atom stereocenters. The molecule has 0 radical (unpaired) electrons. The number of nitrogens with one attached hydrogen (secondary N) is 3. The normalized spacial score (nSPS) is 16.5. The Hall–Kier alpha value is -3.99. The summed E-state index contributed by atoms with van der Waals surface area (Å²) in [7, 11) is 0. The van der Waals surface area contributed by atoms with Crippen molar-refractivity contribution in [2.75, 3.05) is 11.9 Å². The molecule has 2 aliphatic rings. The third-order valence-corrected chi connectivity index (χ3v) is 6.52. The van der Waals surface area contributed by atoms with Crippen LogP contribution < -0.4 is 16.0 Å². The third kappa shape index (κ3) is 4.39. The van der Waals surface area contributed by atoms with Crippen molar-refractivity contribution in [3.05, 3.63) is 98.1 Å². The summed E-state index contributed by atoms with van der Waals surface area (Å²) in [5, 5.41) is 7.81. The second kappa shape index (κ2) is 8.84. The number of hydrogen-bond acceptors (Lipinski definition) is 3. The zero-order valence-corrected chi connectivity index (χ0v) is 19.3. The molecular weight excluding hydrogens is 521 g/mol. The van der Waals surface area contributed by atoms with Gasteiger partial charge in [-0.1, -0.05) is 11.6 Å². The Morgan fingerprint density at radius 3 is 2.49 bits per heavy atom. The number of carbonyl (C=O) groups excluding carboxylic acids is 3. The second-order valence-electron chi connectivity index (χ2n) is 8.50. The van der Waals surface area contributed by atoms with Crippen LogP contribution in [0.1, 0.15) is 59.4 Å². The fraction of sp³-hybridized carbons (Fsp3) is 0.160. The summed E-state index contributed by atoms with van der Waals surface area (Å²) in [6.07, 6.45) is -4.62. The van der Waals surface area contributed by atoms with Crippen LogP contribution in [0.4, 0.5) is 27.6 Å². The van der Waals surface area contributed by atoms with Crippen LogP contribution in [-0.4, -0.2) is 24.3 Å². The lowest BCUT2D eigenvalue weighted by Gasteiger charge is -2.23. The van der Waals surface area contributed by atoms with E-state index < -0.39 is 52.7 Å². The highest BCUT2D eigenvalue weighted by molar-refractivity contribution is 6.31. The van der Waals surface area contributed by atoms with Gasteiger partial charge in [-0.05, 0) is 54.4 Å². The third-order valence-electron chi connectivity index (χ3n) is 6.18. The van der Waals surface area contributed by atoms with E-state index in [9.17, 15) is 36.3 Å². The van der Waals surface area contributed by atoms with Crippen molar-refractivity contribution in [2.24, 2.45) is 0 Å². The predicted octanol–water partition coefficient (Wildman–Crippen LogP) is 5.01. The van der Waals surface area contributed by atoms with Gasteiger partial charge >= 0.3 is 6.18 Å². The quantitative estimate of drug-likeness (QED) is 0.412. The van der Waals surface area contributed by atoms with Crippen LogP contribution >= 0.6 is 11.6 Å². The topological polar surface area (TPSA) is 87.3 Å². The maximum Gasteiger partial charge on any atom is 0.416 e. The van der Waals surface area contributed by atoms with Gasteiger partial charge in [0, 0.05) is 39.5 Å². The average molecular weight is 536 g/mol. The van der Waals surface area contributed by atoms with Crippen molar-refractivity contribution in [2.45, 2.75) is 18.6 Å². The lowest BCUT2D eigenvalue weighted by atomic mass is 9.87. The predicted molar refractivity (Wildman–Crippen MR) is 123 cm³/mol. The molecule has 0 spiro atoms. The van der Waals surface area contributed by atoms with Gasteiger partial charge in [0.05, 0.1) is 17.2 Å². The van der Waals surface area contributed by atoms with Gasteiger partial charge in [-0.3, -0.25) is 14.4 Å².